The predicted octanol–water partition coefficient (Wildman–Crippen LogP) is 1.34. The molecule has 0 atom stereocenters. The summed E-state index contributed by atoms with van der Waals surface area (Å²) >= 11 is 0. The van der Waals surface area contributed by atoms with Crippen LogP contribution in [0.5, 0.6) is 5.75 Å². The highest BCUT2D eigenvalue weighted by Gasteiger charge is 2.16. The van der Waals surface area contributed by atoms with Crippen LogP contribution in [0.25, 0.3) is 5.69 Å². The zero-order valence-corrected chi connectivity index (χ0v) is 12.3. The van der Waals surface area contributed by atoms with E-state index in [-0.39, 0.29) is 11.4 Å². The molecule has 7 nitrogen and oxygen atoms in total. The van der Waals surface area contributed by atoms with Crippen LogP contribution in [0.2, 0.25) is 0 Å². The van der Waals surface area contributed by atoms with Gasteiger partial charge in [0.25, 0.3) is 5.91 Å². The summed E-state index contributed by atoms with van der Waals surface area (Å²) in [6.45, 7) is 0.409. The van der Waals surface area contributed by atoms with E-state index in [0.29, 0.717) is 18.7 Å². The summed E-state index contributed by atoms with van der Waals surface area (Å²) < 4.78 is 1.61. The number of pyridine rings is 2. The van der Waals surface area contributed by atoms with Gasteiger partial charge >= 0.3 is 0 Å². The van der Waals surface area contributed by atoms with Crippen molar-refractivity contribution in [3.8, 4) is 11.4 Å². The van der Waals surface area contributed by atoms with Crippen molar-refractivity contribution in [2.75, 3.05) is 6.54 Å². The van der Waals surface area contributed by atoms with Crippen molar-refractivity contribution in [2.24, 2.45) is 0 Å². The standard InChI is InChI=1S/C16H15N5O2/c22-15-13(21-10-9-17-11-21)5-8-19-14(15)16(23)20-7-4-12-3-1-2-6-18-12/h1-3,5-6,8-11,22H,4,7H2,(H,20,23). The molecule has 2 N–H and O–H groups in total. The maximum Gasteiger partial charge on any atom is 0.273 e. The molecule has 0 unspecified atom stereocenters. The van der Waals surface area contributed by atoms with Gasteiger partial charge in [0.1, 0.15) is 0 Å². The molecule has 23 heavy (non-hydrogen) atoms. The molecule has 0 radical (unpaired) electrons. The van der Waals surface area contributed by atoms with Gasteiger partial charge in [0, 0.05) is 43.4 Å². The average Bonchev–Trinajstić information content (AvgIpc) is 3.10. The molecule has 3 aromatic rings. The van der Waals surface area contributed by atoms with E-state index in [1.807, 2.05) is 18.2 Å². The van der Waals surface area contributed by atoms with Crippen LogP contribution in [-0.4, -0.2) is 37.1 Å². The van der Waals surface area contributed by atoms with E-state index in [0.717, 1.165) is 5.69 Å². The lowest BCUT2D eigenvalue weighted by Gasteiger charge is -2.09. The fraction of sp³-hybridized carbons (Fsp3) is 0.125. The summed E-state index contributed by atoms with van der Waals surface area (Å²) in [6, 6.07) is 7.24. The molecule has 0 bridgehead atoms. The minimum Gasteiger partial charge on any atom is -0.504 e. The van der Waals surface area contributed by atoms with Crippen LogP contribution >= 0.6 is 0 Å². The quantitative estimate of drug-likeness (QED) is 0.742. The second kappa shape index (κ2) is 6.69. The molecule has 0 aliphatic heterocycles. The first-order valence-electron chi connectivity index (χ1n) is 7.10. The highest BCUT2D eigenvalue weighted by Crippen LogP contribution is 2.23. The van der Waals surface area contributed by atoms with E-state index in [9.17, 15) is 9.90 Å². The van der Waals surface area contributed by atoms with Gasteiger partial charge in [0.05, 0.1) is 12.0 Å². The molecule has 0 spiro atoms. The molecule has 1 amide bonds. The normalized spacial score (nSPS) is 10.4. The van der Waals surface area contributed by atoms with Crippen LogP contribution < -0.4 is 5.32 Å². The van der Waals surface area contributed by atoms with Gasteiger partial charge < -0.3 is 15.0 Å². The average molecular weight is 309 g/mol. The number of amides is 1. The van der Waals surface area contributed by atoms with Gasteiger partial charge in [-0.1, -0.05) is 6.07 Å². The predicted molar refractivity (Wildman–Crippen MR) is 83.3 cm³/mol. The maximum absolute atomic E-state index is 12.2. The molecule has 3 rings (SSSR count). The summed E-state index contributed by atoms with van der Waals surface area (Å²) in [6.07, 6.45) is 8.60. The highest BCUT2D eigenvalue weighted by molar-refractivity contribution is 5.95. The van der Waals surface area contributed by atoms with Crippen molar-refractivity contribution in [1.82, 2.24) is 24.8 Å². The van der Waals surface area contributed by atoms with Crippen LogP contribution in [0.4, 0.5) is 0 Å². The van der Waals surface area contributed by atoms with Crippen LogP contribution in [0.1, 0.15) is 16.2 Å². The summed E-state index contributed by atoms with van der Waals surface area (Å²) in [4.78, 5) is 24.3. The maximum atomic E-state index is 12.2. The van der Waals surface area contributed by atoms with Crippen LogP contribution in [-0.2, 0) is 6.42 Å². The molecule has 3 aromatic heterocycles. The van der Waals surface area contributed by atoms with Gasteiger partial charge in [-0.05, 0) is 18.2 Å². The van der Waals surface area contributed by atoms with E-state index < -0.39 is 5.91 Å². The number of nitrogens with zero attached hydrogens (tertiary/aromatic N) is 4. The molecule has 0 aliphatic rings. The smallest absolute Gasteiger partial charge is 0.273 e. The first kappa shape index (κ1) is 14.7. The molecule has 0 aromatic carbocycles. The fourth-order valence-electron chi connectivity index (χ4n) is 2.15. The number of rotatable bonds is 5. The number of hydrogen-bond acceptors (Lipinski definition) is 5. The van der Waals surface area contributed by atoms with Gasteiger partial charge in [0.2, 0.25) is 0 Å². The zero-order valence-electron chi connectivity index (χ0n) is 12.3. The van der Waals surface area contributed by atoms with E-state index in [1.54, 1.807) is 29.2 Å². The van der Waals surface area contributed by atoms with Crippen LogP contribution in [0.15, 0.2) is 55.4 Å². The SMILES string of the molecule is O=C(NCCc1ccccn1)c1nccc(-n2ccnc2)c1O. The Labute approximate surface area is 132 Å². The molecule has 0 saturated heterocycles. The lowest BCUT2D eigenvalue weighted by atomic mass is 10.2. The lowest BCUT2D eigenvalue weighted by molar-refractivity contribution is 0.0946. The minimum absolute atomic E-state index is 0.0165. The number of nitrogens with one attached hydrogen (secondary N) is 1. The molecule has 116 valence electrons. The monoisotopic (exact) mass is 309 g/mol. The molecule has 3 heterocycles. The van der Waals surface area contributed by atoms with Gasteiger partial charge in [-0.3, -0.25) is 9.78 Å². The van der Waals surface area contributed by atoms with Crippen molar-refractivity contribution in [3.05, 3.63) is 66.8 Å². The molecule has 7 heteroatoms. The largest absolute Gasteiger partial charge is 0.504 e. The van der Waals surface area contributed by atoms with E-state index >= 15 is 0 Å². The first-order valence-corrected chi connectivity index (χ1v) is 7.10. The number of hydrogen-bond donors (Lipinski definition) is 2. The highest BCUT2D eigenvalue weighted by atomic mass is 16.3. The lowest BCUT2D eigenvalue weighted by Crippen LogP contribution is -2.27. The van der Waals surface area contributed by atoms with E-state index in [4.69, 9.17) is 0 Å². The van der Waals surface area contributed by atoms with Gasteiger partial charge in [-0.25, -0.2) is 9.97 Å². The first-order chi connectivity index (χ1) is 11.3. The minimum atomic E-state index is -0.430. The van der Waals surface area contributed by atoms with Gasteiger partial charge in [0.15, 0.2) is 11.4 Å². The molecular formula is C16H15N5O2. The number of carbonyl (C=O) groups excluding carboxylic acids is 1. The van der Waals surface area contributed by atoms with Crippen LogP contribution in [0.3, 0.4) is 0 Å². The fourth-order valence-corrected chi connectivity index (χ4v) is 2.15. The third-order valence-electron chi connectivity index (χ3n) is 3.29. The summed E-state index contributed by atoms with van der Waals surface area (Å²) in [5.74, 6) is -0.610. The topological polar surface area (TPSA) is 92.9 Å². The summed E-state index contributed by atoms with van der Waals surface area (Å²) in [7, 11) is 0. The number of aromatic hydroxyl groups is 1. The Hall–Kier alpha value is -3.22. The Morgan fingerprint density at radius 1 is 1.17 bits per heavy atom. The summed E-state index contributed by atoms with van der Waals surface area (Å²) in [5.41, 5.74) is 1.32. The number of imidazole rings is 1. The van der Waals surface area contributed by atoms with Crippen molar-refractivity contribution >= 4 is 5.91 Å². The second-order valence-electron chi connectivity index (χ2n) is 4.82. The van der Waals surface area contributed by atoms with Crippen molar-refractivity contribution in [2.45, 2.75) is 6.42 Å². The number of carbonyl (C=O) groups is 1. The van der Waals surface area contributed by atoms with E-state index in [1.165, 1.54) is 12.5 Å². The third-order valence-corrected chi connectivity index (χ3v) is 3.29. The molecule has 0 saturated carbocycles. The van der Waals surface area contributed by atoms with Crippen molar-refractivity contribution in [1.29, 1.82) is 0 Å². The van der Waals surface area contributed by atoms with E-state index in [2.05, 4.69) is 20.3 Å². The van der Waals surface area contributed by atoms with Crippen LogP contribution in [0, 0.1) is 0 Å². The Morgan fingerprint density at radius 3 is 2.83 bits per heavy atom. The Morgan fingerprint density at radius 2 is 2.09 bits per heavy atom. The Kier molecular flexibility index (Phi) is 4.28. The van der Waals surface area contributed by atoms with Crippen molar-refractivity contribution < 1.29 is 9.90 Å². The second-order valence-corrected chi connectivity index (χ2v) is 4.82. The van der Waals surface area contributed by atoms with Gasteiger partial charge in [-0.15, -0.1) is 0 Å². The third kappa shape index (κ3) is 3.34. The molecule has 0 aliphatic carbocycles. The molecule has 0 fully saturated rings. The zero-order chi connectivity index (χ0) is 16.1. The van der Waals surface area contributed by atoms with Crippen molar-refractivity contribution in [3.63, 3.8) is 0 Å². The Balaban J connectivity index is 1.69. The van der Waals surface area contributed by atoms with Gasteiger partial charge in [-0.2, -0.15) is 0 Å². The summed E-state index contributed by atoms with van der Waals surface area (Å²) in [5, 5.41) is 13.0. The molecular weight excluding hydrogens is 294 g/mol. The number of aromatic nitrogens is 4. The Bertz CT molecular complexity index is 787.